The van der Waals surface area contributed by atoms with Gasteiger partial charge in [0.25, 0.3) is 5.91 Å². The maximum atomic E-state index is 13.1. The predicted molar refractivity (Wildman–Crippen MR) is 99.0 cm³/mol. The Morgan fingerprint density at radius 2 is 1.96 bits per heavy atom. The summed E-state index contributed by atoms with van der Waals surface area (Å²) in [5.41, 5.74) is 7.44. The summed E-state index contributed by atoms with van der Waals surface area (Å²) in [5, 5.41) is 3.02. The van der Waals surface area contributed by atoms with Crippen LogP contribution in [-0.4, -0.2) is 55.5 Å². The molecule has 0 spiro atoms. The van der Waals surface area contributed by atoms with E-state index in [1.165, 1.54) is 6.42 Å². The molecule has 2 heterocycles. The summed E-state index contributed by atoms with van der Waals surface area (Å²) in [5.74, 6) is -0.421. The van der Waals surface area contributed by atoms with E-state index in [-0.39, 0.29) is 17.9 Å². The van der Waals surface area contributed by atoms with Crippen LogP contribution in [0.3, 0.4) is 0 Å². The van der Waals surface area contributed by atoms with Gasteiger partial charge in [0, 0.05) is 38.4 Å². The number of amides is 2. The quantitative estimate of drug-likeness (QED) is 0.854. The molecule has 2 saturated heterocycles. The van der Waals surface area contributed by atoms with Crippen LogP contribution in [0, 0.1) is 0 Å². The van der Waals surface area contributed by atoms with E-state index in [4.69, 9.17) is 17.3 Å². The van der Waals surface area contributed by atoms with Crippen molar-refractivity contribution in [3.8, 4) is 0 Å². The molecule has 0 bridgehead atoms. The molecule has 6 nitrogen and oxygen atoms in total. The number of piperidine rings is 1. The minimum absolute atomic E-state index is 0.190. The van der Waals surface area contributed by atoms with Gasteiger partial charge in [0.15, 0.2) is 0 Å². The minimum Gasteiger partial charge on any atom is -0.372 e. The Morgan fingerprint density at radius 1 is 1.24 bits per heavy atom. The summed E-state index contributed by atoms with van der Waals surface area (Å²) in [6, 6.07) is 4.83. The minimum atomic E-state index is -0.540. The Balaban J connectivity index is 1.86. The smallest absolute Gasteiger partial charge is 0.256 e. The number of likely N-dealkylation sites (tertiary alicyclic amines) is 1. The molecule has 25 heavy (non-hydrogen) atoms. The SMILES string of the molecule is CNC(=O)[C@@H]1C[C@@H](N)CN1C(=O)c1cc(N2CCCCC2)ccc1Cl. The molecule has 136 valence electrons. The first-order valence-electron chi connectivity index (χ1n) is 8.84. The fourth-order valence-corrected chi connectivity index (χ4v) is 3.89. The number of carbonyl (C=O) groups excluding carboxylic acids is 2. The number of carbonyl (C=O) groups is 2. The van der Waals surface area contributed by atoms with Crippen molar-refractivity contribution in [2.24, 2.45) is 5.73 Å². The van der Waals surface area contributed by atoms with Gasteiger partial charge in [0.2, 0.25) is 5.91 Å². The second-order valence-electron chi connectivity index (χ2n) is 6.80. The van der Waals surface area contributed by atoms with Gasteiger partial charge in [0.1, 0.15) is 6.04 Å². The van der Waals surface area contributed by atoms with Crippen molar-refractivity contribution in [2.75, 3.05) is 31.6 Å². The van der Waals surface area contributed by atoms with Gasteiger partial charge in [-0.1, -0.05) is 11.6 Å². The normalized spacial score (nSPS) is 23.6. The molecule has 3 rings (SSSR count). The number of nitrogens with one attached hydrogen (secondary N) is 1. The molecule has 2 fully saturated rings. The van der Waals surface area contributed by atoms with Crippen molar-refractivity contribution in [2.45, 2.75) is 37.8 Å². The fourth-order valence-electron chi connectivity index (χ4n) is 3.69. The monoisotopic (exact) mass is 364 g/mol. The van der Waals surface area contributed by atoms with E-state index in [1.54, 1.807) is 18.0 Å². The Labute approximate surface area is 153 Å². The van der Waals surface area contributed by atoms with Crippen molar-refractivity contribution in [3.63, 3.8) is 0 Å². The first-order chi connectivity index (χ1) is 12.0. The van der Waals surface area contributed by atoms with Crippen LogP contribution in [-0.2, 0) is 4.79 Å². The van der Waals surface area contributed by atoms with Crippen molar-refractivity contribution in [3.05, 3.63) is 28.8 Å². The Bertz CT molecular complexity index is 660. The van der Waals surface area contributed by atoms with Crippen LogP contribution in [0.25, 0.3) is 0 Å². The first kappa shape index (κ1) is 18.0. The molecular formula is C18H25ClN4O2. The summed E-state index contributed by atoms with van der Waals surface area (Å²) in [7, 11) is 1.57. The van der Waals surface area contributed by atoms with E-state index in [0.29, 0.717) is 23.6 Å². The first-order valence-corrected chi connectivity index (χ1v) is 9.21. The summed E-state index contributed by atoms with van der Waals surface area (Å²) in [4.78, 5) is 29.0. The molecule has 0 unspecified atom stereocenters. The summed E-state index contributed by atoms with van der Waals surface area (Å²) in [6.07, 6.45) is 4.03. The maximum absolute atomic E-state index is 13.1. The van der Waals surface area contributed by atoms with Crippen molar-refractivity contribution < 1.29 is 9.59 Å². The zero-order chi connectivity index (χ0) is 18.0. The molecule has 2 aliphatic heterocycles. The van der Waals surface area contributed by atoms with Gasteiger partial charge < -0.3 is 20.9 Å². The zero-order valence-corrected chi connectivity index (χ0v) is 15.3. The molecule has 2 amide bonds. The molecule has 1 aromatic rings. The maximum Gasteiger partial charge on any atom is 0.256 e. The summed E-state index contributed by atoms with van der Waals surface area (Å²) >= 11 is 6.31. The van der Waals surface area contributed by atoms with Crippen molar-refractivity contribution in [1.29, 1.82) is 0 Å². The van der Waals surface area contributed by atoms with Crippen LogP contribution in [0.1, 0.15) is 36.0 Å². The van der Waals surface area contributed by atoms with E-state index in [2.05, 4.69) is 10.2 Å². The average molecular weight is 365 g/mol. The molecule has 1 aromatic carbocycles. The number of rotatable bonds is 3. The van der Waals surface area contributed by atoms with Gasteiger partial charge in [-0.25, -0.2) is 0 Å². The van der Waals surface area contributed by atoms with Crippen molar-refractivity contribution in [1.82, 2.24) is 10.2 Å². The third kappa shape index (κ3) is 3.75. The number of likely N-dealkylation sites (N-methyl/N-ethyl adjacent to an activating group) is 1. The molecule has 7 heteroatoms. The molecule has 0 aliphatic carbocycles. The van der Waals surface area contributed by atoms with Crippen LogP contribution >= 0.6 is 11.6 Å². The van der Waals surface area contributed by atoms with E-state index < -0.39 is 6.04 Å². The number of nitrogens with two attached hydrogens (primary N) is 1. The zero-order valence-electron chi connectivity index (χ0n) is 14.5. The highest BCUT2D eigenvalue weighted by molar-refractivity contribution is 6.34. The Kier molecular flexibility index (Phi) is 5.49. The van der Waals surface area contributed by atoms with Gasteiger partial charge in [0.05, 0.1) is 10.6 Å². The van der Waals surface area contributed by atoms with Gasteiger partial charge >= 0.3 is 0 Å². The molecular weight excluding hydrogens is 340 g/mol. The lowest BCUT2D eigenvalue weighted by Crippen LogP contribution is -2.45. The fraction of sp³-hybridized carbons (Fsp3) is 0.556. The number of hydrogen-bond acceptors (Lipinski definition) is 4. The standard InChI is InChI=1S/C18H25ClN4O2/c1-21-17(24)16-9-12(20)11-23(16)18(25)14-10-13(5-6-15(14)19)22-7-3-2-4-8-22/h5-6,10,12,16H,2-4,7-9,11,20H2,1H3,(H,21,24)/t12-,16+/m1/s1. The second kappa shape index (κ2) is 7.62. The van der Waals surface area contributed by atoms with Crippen LogP contribution in [0.4, 0.5) is 5.69 Å². The molecule has 0 aromatic heterocycles. The lowest BCUT2D eigenvalue weighted by Gasteiger charge is -2.30. The van der Waals surface area contributed by atoms with Gasteiger partial charge in [-0.15, -0.1) is 0 Å². The van der Waals surface area contributed by atoms with E-state index in [0.717, 1.165) is 31.6 Å². The average Bonchev–Trinajstić information content (AvgIpc) is 3.03. The lowest BCUT2D eigenvalue weighted by molar-refractivity contribution is -0.124. The number of anilines is 1. The van der Waals surface area contributed by atoms with Crippen LogP contribution in [0.15, 0.2) is 18.2 Å². The van der Waals surface area contributed by atoms with Crippen molar-refractivity contribution >= 4 is 29.1 Å². The third-order valence-corrected chi connectivity index (χ3v) is 5.37. The largest absolute Gasteiger partial charge is 0.372 e. The lowest BCUT2D eigenvalue weighted by atomic mass is 10.1. The van der Waals surface area contributed by atoms with Crippen LogP contribution in [0.2, 0.25) is 5.02 Å². The second-order valence-corrected chi connectivity index (χ2v) is 7.20. The van der Waals surface area contributed by atoms with Crippen LogP contribution < -0.4 is 16.0 Å². The van der Waals surface area contributed by atoms with E-state index in [9.17, 15) is 9.59 Å². The highest BCUT2D eigenvalue weighted by atomic mass is 35.5. The number of halogens is 1. The van der Waals surface area contributed by atoms with Gasteiger partial charge in [-0.2, -0.15) is 0 Å². The van der Waals surface area contributed by atoms with E-state index >= 15 is 0 Å². The highest BCUT2D eigenvalue weighted by Gasteiger charge is 2.38. The highest BCUT2D eigenvalue weighted by Crippen LogP contribution is 2.29. The molecule has 2 aliphatic rings. The topological polar surface area (TPSA) is 78.7 Å². The molecule has 0 saturated carbocycles. The van der Waals surface area contributed by atoms with Crippen LogP contribution in [0.5, 0.6) is 0 Å². The van der Waals surface area contributed by atoms with E-state index in [1.807, 2.05) is 12.1 Å². The molecule has 2 atom stereocenters. The summed E-state index contributed by atoms with van der Waals surface area (Å²) in [6.45, 7) is 2.34. The van der Waals surface area contributed by atoms with Gasteiger partial charge in [-0.3, -0.25) is 9.59 Å². The third-order valence-electron chi connectivity index (χ3n) is 5.04. The molecule has 3 N–H and O–H groups in total. The number of nitrogens with zero attached hydrogens (tertiary/aromatic N) is 2. The Hall–Kier alpha value is -1.79. The number of benzene rings is 1. The predicted octanol–water partition coefficient (Wildman–Crippen LogP) is 1.62. The van der Waals surface area contributed by atoms with Gasteiger partial charge in [-0.05, 0) is 43.9 Å². The molecule has 0 radical (unpaired) electrons. The Morgan fingerprint density at radius 3 is 2.64 bits per heavy atom. The number of hydrogen-bond donors (Lipinski definition) is 2. The summed E-state index contributed by atoms with van der Waals surface area (Å²) < 4.78 is 0.